The Bertz CT molecular complexity index is 304. The van der Waals surface area contributed by atoms with Crippen LogP contribution < -0.4 is 5.32 Å². The van der Waals surface area contributed by atoms with Crippen molar-refractivity contribution in [2.75, 3.05) is 18.5 Å². The number of hydrogen-bond donors (Lipinski definition) is 2. The molecule has 1 heterocycles. The summed E-state index contributed by atoms with van der Waals surface area (Å²) in [5, 5.41) is 11.8. The summed E-state index contributed by atoms with van der Waals surface area (Å²) in [6.07, 6.45) is 0. The van der Waals surface area contributed by atoms with Gasteiger partial charge in [0.05, 0.1) is 18.0 Å². The first-order valence-electron chi connectivity index (χ1n) is 4.00. The Morgan fingerprint density at radius 3 is 2.54 bits per heavy atom. The third-order valence-electron chi connectivity index (χ3n) is 1.67. The molecule has 0 fully saturated rings. The highest BCUT2D eigenvalue weighted by Gasteiger charge is 2.05. The maximum Gasteiger partial charge on any atom is 0.171 e. The van der Waals surface area contributed by atoms with E-state index in [0.29, 0.717) is 17.5 Å². The fraction of sp³-hybridized carbons (Fsp3) is 0.500. The molecule has 0 atom stereocenters. The topological polar surface area (TPSA) is 58.0 Å². The number of halogens is 1. The zero-order valence-corrected chi connectivity index (χ0v) is 8.39. The van der Waals surface area contributed by atoms with Crippen LogP contribution in [0, 0.1) is 13.8 Å². The summed E-state index contributed by atoms with van der Waals surface area (Å²) in [6.45, 7) is 4.19. The van der Waals surface area contributed by atoms with Crippen LogP contribution in [0.15, 0.2) is 0 Å². The zero-order valence-electron chi connectivity index (χ0n) is 7.63. The van der Waals surface area contributed by atoms with Gasteiger partial charge >= 0.3 is 0 Å². The molecular formula is C8H12ClN3O. The van der Waals surface area contributed by atoms with Crippen molar-refractivity contribution in [2.45, 2.75) is 13.8 Å². The van der Waals surface area contributed by atoms with E-state index >= 15 is 0 Å². The summed E-state index contributed by atoms with van der Waals surface area (Å²) < 4.78 is 0. The van der Waals surface area contributed by atoms with Gasteiger partial charge in [-0.2, -0.15) is 0 Å². The standard InChI is InChI=1S/C8H12ClN3O/c1-5-6(2)12-8(7(9)11-5)10-3-4-13/h13H,3-4H2,1-2H3,(H,10,12). The molecule has 0 unspecified atom stereocenters. The molecule has 1 aromatic rings. The van der Waals surface area contributed by atoms with E-state index in [4.69, 9.17) is 16.7 Å². The maximum absolute atomic E-state index is 8.59. The Hall–Kier alpha value is -0.870. The second-order valence-corrected chi connectivity index (χ2v) is 3.04. The van der Waals surface area contributed by atoms with Gasteiger partial charge in [-0.05, 0) is 13.8 Å². The Morgan fingerprint density at radius 1 is 1.31 bits per heavy atom. The van der Waals surface area contributed by atoms with Crippen LogP contribution >= 0.6 is 11.6 Å². The smallest absolute Gasteiger partial charge is 0.171 e. The van der Waals surface area contributed by atoms with Crippen LogP contribution in [0.4, 0.5) is 5.82 Å². The Morgan fingerprint density at radius 2 is 1.92 bits per heavy atom. The van der Waals surface area contributed by atoms with Crippen molar-refractivity contribution in [1.82, 2.24) is 9.97 Å². The van der Waals surface area contributed by atoms with Gasteiger partial charge < -0.3 is 10.4 Å². The quantitative estimate of drug-likeness (QED) is 0.771. The minimum atomic E-state index is 0.0466. The molecule has 0 bridgehead atoms. The van der Waals surface area contributed by atoms with Crippen molar-refractivity contribution in [3.05, 3.63) is 16.5 Å². The fourth-order valence-corrected chi connectivity index (χ4v) is 1.10. The van der Waals surface area contributed by atoms with E-state index in [-0.39, 0.29) is 6.61 Å². The molecule has 0 aliphatic carbocycles. The molecule has 0 amide bonds. The molecule has 72 valence electrons. The molecule has 1 aromatic heterocycles. The lowest BCUT2D eigenvalue weighted by molar-refractivity contribution is 0.311. The van der Waals surface area contributed by atoms with E-state index < -0.39 is 0 Å². The molecule has 0 aliphatic heterocycles. The highest BCUT2D eigenvalue weighted by Crippen LogP contribution is 2.17. The number of anilines is 1. The summed E-state index contributed by atoms with van der Waals surface area (Å²) in [4.78, 5) is 8.28. The normalized spacial score (nSPS) is 10.2. The summed E-state index contributed by atoms with van der Waals surface area (Å²) in [5.41, 5.74) is 1.66. The number of hydrogen-bond acceptors (Lipinski definition) is 4. The second kappa shape index (κ2) is 4.39. The largest absolute Gasteiger partial charge is 0.395 e. The van der Waals surface area contributed by atoms with Gasteiger partial charge in [0.25, 0.3) is 0 Å². The minimum Gasteiger partial charge on any atom is -0.395 e. The highest BCUT2D eigenvalue weighted by atomic mass is 35.5. The van der Waals surface area contributed by atoms with Crippen molar-refractivity contribution >= 4 is 17.4 Å². The average Bonchev–Trinajstić information content (AvgIpc) is 2.09. The van der Waals surface area contributed by atoms with E-state index in [0.717, 1.165) is 11.4 Å². The van der Waals surface area contributed by atoms with Crippen LogP contribution in [-0.4, -0.2) is 28.2 Å². The summed E-state index contributed by atoms with van der Waals surface area (Å²) in [5.74, 6) is 0.527. The zero-order chi connectivity index (χ0) is 9.84. The predicted molar refractivity (Wildman–Crippen MR) is 52.1 cm³/mol. The third-order valence-corrected chi connectivity index (χ3v) is 1.93. The molecule has 2 N–H and O–H groups in total. The van der Waals surface area contributed by atoms with Gasteiger partial charge in [0.2, 0.25) is 0 Å². The lowest BCUT2D eigenvalue weighted by atomic mass is 10.3. The van der Waals surface area contributed by atoms with E-state index in [2.05, 4.69) is 15.3 Å². The number of aliphatic hydroxyl groups excluding tert-OH is 1. The van der Waals surface area contributed by atoms with Gasteiger partial charge in [0, 0.05) is 6.54 Å². The van der Waals surface area contributed by atoms with Gasteiger partial charge in [0.1, 0.15) is 0 Å². The van der Waals surface area contributed by atoms with Crippen molar-refractivity contribution in [2.24, 2.45) is 0 Å². The summed E-state index contributed by atoms with van der Waals surface area (Å²) in [7, 11) is 0. The molecule has 0 saturated carbocycles. The first-order chi connectivity index (χ1) is 6.15. The lowest BCUT2D eigenvalue weighted by Gasteiger charge is -2.07. The van der Waals surface area contributed by atoms with E-state index in [1.807, 2.05) is 13.8 Å². The maximum atomic E-state index is 8.59. The highest BCUT2D eigenvalue weighted by molar-refractivity contribution is 6.31. The molecule has 0 aliphatic rings. The first-order valence-corrected chi connectivity index (χ1v) is 4.38. The van der Waals surface area contributed by atoms with Crippen LogP contribution in [0.25, 0.3) is 0 Å². The Kier molecular flexibility index (Phi) is 3.45. The Labute approximate surface area is 82.0 Å². The van der Waals surface area contributed by atoms with Gasteiger partial charge in [-0.25, -0.2) is 9.97 Å². The van der Waals surface area contributed by atoms with Crippen molar-refractivity contribution in [3.63, 3.8) is 0 Å². The van der Waals surface area contributed by atoms with Gasteiger partial charge in [-0.1, -0.05) is 11.6 Å². The molecular weight excluding hydrogens is 190 g/mol. The predicted octanol–water partition coefficient (Wildman–Crippen LogP) is 1.15. The molecule has 0 saturated heterocycles. The van der Waals surface area contributed by atoms with Gasteiger partial charge in [-0.15, -0.1) is 0 Å². The molecule has 0 spiro atoms. The van der Waals surface area contributed by atoms with Crippen LogP contribution in [0.3, 0.4) is 0 Å². The van der Waals surface area contributed by atoms with Gasteiger partial charge in [-0.3, -0.25) is 0 Å². The van der Waals surface area contributed by atoms with Crippen LogP contribution in [0.5, 0.6) is 0 Å². The molecule has 0 radical (unpaired) electrons. The third kappa shape index (κ3) is 2.54. The van der Waals surface area contributed by atoms with Crippen molar-refractivity contribution in [3.8, 4) is 0 Å². The molecule has 5 heteroatoms. The average molecular weight is 202 g/mol. The number of aromatic nitrogens is 2. The molecule has 0 aromatic carbocycles. The van der Waals surface area contributed by atoms with E-state index in [1.54, 1.807) is 0 Å². The second-order valence-electron chi connectivity index (χ2n) is 2.68. The number of nitrogens with zero attached hydrogens (tertiary/aromatic N) is 2. The fourth-order valence-electron chi connectivity index (χ4n) is 0.863. The van der Waals surface area contributed by atoms with E-state index in [9.17, 15) is 0 Å². The minimum absolute atomic E-state index is 0.0466. The number of rotatable bonds is 3. The van der Waals surface area contributed by atoms with Crippen LogP contribution in [-0.2, 0) is 0 Å². The van der Waals surface area contributed by atoms with Crippen molar-refractivity contribution in [1.29, 1.82) is 0 Å². The summed E-state index contributed by atoms with van der Waals surface area (Å²) in [6, 6.07) is 0. The van der Waals surface area contributed by atoms with Crippen LogP contribution in [0.2, 0.25) is 5.15 Å². The monoisotopic (exact) mass is 201 g/mol. The van der Waals surface area contributed by atoms with Crippen LogP contribution in [0.1, 0.15) is 11.4 Å². The summed E-state index contributed by atoms with van der Waals surface area (Å²) >= 11 is 5.82. The number of aliphatic hydroxyl groups is 1. The molecule has 13 heavy (non-hydrogen) atoms. The lowest BCUT2D eigenvalue weighted by Crippen LogP contribution is -2.09. The SMILES string of the molecule is Cc1nc(Cl)c(NCCO)nc1C. The van der Waals surface area contributed by atoms with Crippen molar-refractivity contribution < 1.29 is 5.11 Å². The first kappa shape index (κ1) is 10.2. The van der Waals surface area contributed by atoms with E-state index in [1.165, 1.54) is 0 Å². The van der Waals surface area contributed by atoms with Gasteiger partial charge in [0.15, 0.2) is 11.0 Å². The number of nitrogens with one attached hydrogen (secondary N) is 1. The molecule has 4 nitrogen and oxygen atoms in total. The Balaban J connectivity index is 2.88. The molecule has 1 rings (SSSR count). The number of aryl methyl sites for hydroxylation is 2.